The number of rotatable bonds is 4. The highest BCUT2D eigenvalue weighted by atomic mass is 35.5. The SMILES string of the molecule is Cc1cc2c(N)noc2c(N2C[C@@H]3CC[C@H]2[C@@H]3NC(=O)c2ccc(-c3cnc(=O)n(C)c3)cc2Cl)n1. The molecule has 10 nitrogen and oxygen atoms in total. The van der Waals surface area contributed by atoms with Crippen LogP contribution >= 0.6 is 11.6 Å². The van der Waals surface area contributed by atoms with Crippen molar-refractivity contribution in [1.82, 2.24) is 25.0 Å². The number of nitrogens with zero attached hydrogens (tertiary/aromatic N) is 5. The number of aryl methyl sites for hydroxylation is 2. The fourth-order valence-electron chi connectivity index (χ4n) is 5.49. The van der Waals surface area contributed by atoms with Crippen molar-refractivity contribution in [2.24, 2.45) is 13.0 Å². The Morgan fingerprint density at radius 1 is 1.25 bits per heavy atom. The van der Waals surface area contributed by atoms with E-state index < -0.39 is 0 Å². The number of nitrogen functional groups attached to an aromatic ring is 1. The molecule has 1 aliphatic heterocycles. The molecule has 2 bridgehead atoms. The van der Waals surface area contributed by atoms with Gasteiger partial charge in [-0.25, -0.2) is 14.8 Å². The second-order valence-corrected chi connectivity index (χ2v) is 9.93. The molecule has 3 atom stereocenters. The van der Waals surface area contributed by atoms with Gasteiger partial charge in [0.05, 0.1) is 28.1 Å². The summed E-state index contributed by atoms with van der Waals surface area (Å²) in [6.45, 7) is 2.67. The zero-order valence-electron chi connectivity index (χ0n) is 19.7. The van der Waals surface area contributed by atoms with Gasteiger partial charge in [-0.1, -0.05) is 22.8 Å². The van der Waals surface area contributed by atoms with Crippen LogP contribution in [0.15, 0.2) is 46.0 Å². The molecular weight excluding hydrogens is 482 g/mol. The first-order valence-electron chi connectivity index (χ1n) is 11.7. The molecule has 1 saturated heterocycles. The number of nitrogens with one attached hydrogen (secondary N) is 1. The highest BCUT2D eigenvalue weighted by Crippen LogP contribution is 2.43. The molecule has 1 amide bonds. The van der Waals surface area contributed by atoms with Crippen LogP contribution in [0, 0.1) is 12.8 Å². The first-order valence-corrected chi connectivity index (χ1v) is 12.1. The molecule has 184 valence electrons. The van der Waals surface area contributed by atoms with Crippen molar-refractivity contribution >= 4 is 40.1 Å². The molecule has 4 heterocycles. The van der Waals surface area contributed by atoms with Gasteiger partial charge in [0.25, 0.3) is 5.91 Å². The van der Waals surface area contributed by atoms with Crippen LogP contribution in [0.25, 0.3) is 22.1 Å². The zero-order chi connectivity index (χ0) is 25.1. The van der Waals surface area contributed by atoms with Crippen LogP contribution in [0.4, 0.5) is 11.6 Å². The van der Waals surface area contributed by atoms with E-state index >= 15 is 0 Å². The maximum absolute atomic E-state index is 13.3. The quantitative estimate of drug-likeness (QED) is 0.432. The van der Waals surface area contributed by atoms with Crippen LogP contribution in [0.5, 0.6) is 0 Å². The van der Waals surface area contributed by atoms with E-state index in [1.165, 1.54) is 10.8 Å². The summed E-state index contributed by atoms with van der Waals surface area (Å²) in [4.78, 5) is 35.6. The van der Waals surface area contributed by atoms with Crippen LogP contribution in [-0.4, -0.2) is 44.2 Å². The Bertz CT molecular complexity index is 1580. The number of benzene rings is 1. The number of anilines is 2. The third-order valence-electron chi connectivity index (χ3n) is 7.25. The van der Waals surface area contributed by atoms with Gasteiger partial charge < -0.3 is 25.0 Å². The van der Waals surface area contributed by atoms with Gasteiger partial charge in [-0.3, -0.25) is 4.79 Å². The number of amides is 1. The van der Waals surface area contributed by atoms with Crippen LogP contribution in [-0.2, 0) is 7.05 Å². The lowest BCUT2D eigenvalue weighted by atomic mass is 10.0. The van der Waals surface area contributed by atoms with Gasteiger partial charge in [0, 0.05) is 37.2 Å². The average molecular weight is 506 g/mol. The van der Waals surface area contributed by atoms with Crippen LogP contribution < -0.4 is 21.6 Å². The van der Waals surface area contributed by atoms with E-state index in [1.807, 2.05) is 13.0 Å². The van der Waals surface area contributed by atoms with Crippen molar-refractivity contribution < 1.29 is 9.32 Å². The summed E-state index contributed by atoms with van der Waals surface area (Å²) in [5, 5.41) is 8.22. The number of hydrogen-bond donors (Lipinski definition) is 2. The second-order valence-electron chi connectivity index (χ2n) is 9.52. The molecule has 1 saturated carbocycles. The number of nitrogens with two attached hydrogens (primary N) is 1. The largest absolute Gasteiger partial charge is 0.380 e. The number of carbonyl (C=O) groups excluding carboxylic acids is 1. The zero-order valence-corrected chi connectivity index (χ0v) is 20.5. The molecular formula is C25H24ClN7O3. The molecule has 0 spiro atoms. The number of piperidine rings is 1. The number of aromatic nitrogens is 4. The number of hydrogen-bond acceptors (Lipinski definition) is 8. The van der Waals surface area contributed by atoms with Crippen LogP contribution in [0.2, 0.25) is 5.02 Å². The van der Waals surface area contributed by atoms with Crippen molar-refractivity contribution in [3.63, 3.8) is 0 Å². The fourth-order valence-corrected chi connectivity index (χ4v) is 5.76. The third-order valence-corrected chi connectivity index (χ3v) is 7.56. The van der Waals surface area contributed by atoms with E-state index in [9.17, 15) is 9.59 Å². The van der Waals surface area contributed by atoms with Crippen molar-refractivity contribution in [1.29, 1.82) is 0 Å². The first kappa shape index (κ1) is 22.5. The Hall–Kier alpha value is -3.92. The summed E-state index contributed by atoms with van der Waals surface area (Å²) < 4.78 is 6.91. The summed E-state index contributed by atoms with van der Waals surface area (Å²) in [6.07, 6.45) is 5.13. The van der Waals surface area contributed by atoms with Gasteiger partial charge >= 0.3 is 5.69 Å². The van der Waals surface area contributed by atoms with Crippen LogP contribution in [0.3, 0.4) is 0 Å². The Kier molecular flexibility index (Phi) is 5.22. The van der Waals surface area contributed by atoms with Crippen molar-refractivity contribution in [2.75, 3.05) is 17.2 Å². The van der Waals surface area contributed by atoms with Crippen LogP contribution in [0.1, 0.15) is 28.9 Å². The van der Waals surface area contributed by atoms with Gasteiger partial charge in [-0.15, -0.1) is 0 Å². The molecule has 11 heteroatoms. The fraction of sp³-hybridized carbons (Fsp3) is 0.320. The predicted molar refractivity (Wildman–Crippen MR) is 136 cm³/mol. The van der Waals surface area contributed by atoms with Gasteiger partial charge in [0.2, 0.25) is 5.58 Å². The summed E-state index contributed by atoms with van der Waals surface area (Å²) >= 11 is 6.53. The summed E-state index contributed by atoms with van der Waals surface area (Å²) in [6, 6.07) is 7.13. The van der Waals surface area contributed by atoms with E-state index in [0.717, 1.165) is 41.6 Å². The highest BCUT2D eigenvalue weighted by molar-refractivity contribution is 6.34. The number of fused-ring (bicyclic) bond motifs is 3. The molecule has 3 N–H and O–H groups in total. The Morgan fingerprint density at radius 3 is 2.86 bits per heavy atom. The van der Waals surface area contributed by atoms with E-state index in [-0.39, 0.29) is 29.6 Å². The van der Waals surface area contributed by atoms with Crippen molar-refractivity contribution in [2.45, 2.75) is 31.8 Å². The second kappa shape index (κ2) is 8.34. The lowest BCUT2D eigenvalue weighted by Gasteiger charge is -2.28. The van der Waals surface area contributed by atoms with E-state index in [1.54, 1.807) is 31.4 Å². The van der Waals surface area contributed by atoms with Crippen molar-refractivity contribution in [3.05, 3.63) is 63.4 Å². The maximum atomic E-state index is 13.3. The minimum atomic E-state index is -0.338. The Balaban J connectivity index is 1.24. The van der Waals surface area contributed by atoms with Crippen molar-refractivity contribution in [3.8, 4) is 11.1 Å². The summed E-state index contributed by atoms with van der Waals surface area (Å²) in [5.41, 5.74) is 8.95. The molecule has 4 aromatic rings. The predicted octanol–water partition coefficient (Wildman–Crippen LogP) is 2.92. The smallest absolute Gasteiger partial charge is 0.347 e. The highest BCUT2D eigenvalue weighted by Gasteiger charge is 2.49. The maximum Gasteiger partial charge on any atom is 0.347 e. The molecule has 2 aliphatic rings. The summed E-state index contributed by atoms with van der Waals surface area (Å²) in [7, 11) is 1.63. The molecule has 1 aromatic carbocycles. The Labute approximate surface area is 211 Å². The average Bonchev–Trinajstić information content (AvgIpc) is 3.53. The minimum Gasteiger partial charge on any atom is -0.380 e. The molecule has 1 aliphatic carbocycles. The lowest BCUT2D eigenvalue weighted by Crippen LogP contribution is -2.44. The monoisotopic (exact) mass is 505 g/mol. The first-order chi connectivity index (χ1) is 17.3. The molecule has 2 fully saturated rings. The Morgan fingerprint density at radius 2 is 2.08 bits per heavy atom. The van der Waals surface area contributed by atoms with E-state index in [4.69, 9.17) is 26.8 Å². The molecule has 0 radical (unpaired) electrons. The van der Waals surface area contributed by atoms with E-state index in [0.29, 0.717) is 27.8 Å². The molecule has 0 unspecified atom stereocenters. The number of halogens is 1. The standard InChI is InChI=1S/C25H24ClN7O3/c1-12-7-17-21(36-31-22(17)27)23(29-12)33-11-14-4-6-19(33)20(14)30-24(34)16-5-3-13(8-18(16)26)15-9-28-25(35)32(2)10-15/h3,5,7-10,14,19-20H,4,6,11H2,1-2H3,(H2,27,31)(H,30,34)/t14-,19-,20+/m0/s1. The minimum absolute atomic E-state index is 0.0429. The molecule has 36 heavy (non-hydrogen) atoms. The third kappa shape index (κ3) is 3.60. The number of pyridine rings is 1. The summed E-state index contributed by atoms with van der Waals surface area (Å²) in [5.74, 6) is 1.12. The van der Waals surface area contributed by atoms with E-state index in [2.05, 4.69) is 20.4 Å². The lowest BCUT2D eigenvalue weighted by molar-refractivity contribution is 0.0932. The molecule has 3 aromatic heterocycles. The van der Waals surface area contributed by atoms with Gasteiger partial charge in [-0.05, 0) is 49.4 Å². The van der Waals surface area contributed by atoms with Gasteiger partial charge in [-0.2, -0.15) is 0 Å². The molecule has 6 rings (SSSR count). The number of carbonyl (C=O) groups is 1. The topological polar surface area (TPSA) is 132 Å². The van der Waals surface area contributed by atoms with Gasteiger partial charge in [0.1, 0.15) is 0 Å². The normalized spacial score (nSPS) is 20.9. The van der Waals surface area contributed by atoms with Gasteiger partial charge in [0.15, 0.2) is 11.6 Å².